The van der Waals surface area contributed by atoms with Crippen molar-refractivity contribution in [1.82, 2.24) is 4.90 Å². The second-order valence-corrected chi connectivity index (χ2v) is 6.10. The summed E-state index contributed by atoms with van der Waals surface area (Å²) in [4.78, 5) is 2.30. The first-order valence-corrected chi connectivity index (χ1v) is 7.73. The molecule has 1 unspecified atom stereocenters. The maximum Gasteiger partial charge on any atom is 0.0597 e. The van der Waals surface area contributed by atoms with Crippen LogP contribution in [0, 0.1) is 0 Å². The summed E-state index contributed by atoms with van der Waals surface area (Å²) in [6, 6.07) is 9.24. The first-order chi connectivity index (χ1) is 9.61. The SMILES string of the molecule is CC(C)OCCN(C)C(CN)c1cccc(C2CC2)c1. The summed E-state index contributed by atoms with van der Waals surface area (Å²) in [7, 11) is 2.13. The Labute approximate surface area is 123 Å². The first kappa shape index (κ1) is 15.5. The van der Waals surface area contributed by atoms with Gasteiger partial charge in [0.05, 0.1) is 12.7 Å². The van der Waals surface area contributed by atoms with Gasteiger partial charge in [0.15, 0.2) is 0 Å². The normalized spacial score (nSPS) is 16.9. The van der Waals surface area contributed by atoms with Crippen LogP contribution in [0.1, 0.15) is 49.8 Å². The van der Waals surface area contributed by atoms with Gasteiger partial charge < -0.3 is 10.5 Å². The Balaban J connectivity index is 1.97. The number of nitrogens with two attached hydrogens (primary N) is 1. The minimum Gasteiger partial charge on any atom is -0.377 e. The van der Waals surface area contributed by atoms with Crippen LogP contribution in [0.3, 0.4) is 0 Å². The van der Waals surface area contributed by atoms with Crippen molar-refractivity contribution in [2.75, 3.05) is 26.7 Å². The third-order valence-electron chi connectivity index (χ3n) is 3.99. The summed E-state index contributed by atoms with van der Waals surface area (Å²) in [5.74, 6) is 0.794. The van der Waals surface area contributed by atoms with Crippen LogP contribution in [0.2, 0.25) is 0 Å². The van der Waals surface area contributed by atoms with Gasteiger partial charge in [0.25, 0.3) is 0 Å². The van der Waals surface area contributed by atoms with Crippen LogP contribution in [-0.2, 0) is 4.74 Å². The molecule has 3 nitrogen and oxygen atoms in total. The Morgan fingerprint density at radius 3 is 2.70 bits per heavy atom. The lowest BCUT2D eigenvalue weighted by Gasteiger charge is -2.28. The van der Waals surface area contributed by atoms with E-state index in [4.69, 9.17) is 10.5 Å². The zero-order valence-electron chi connectivity index (χ0n) is 13.0. The summed E-state index contributed by atoms with van der Waals surface area (Å²) in [5.41, 5.74) is 8.81. The van der Waals surface area contributed by atoms with Crippen LogP contribution in [0.25, 0.3) is 0 Å². The van der Waals surface area contributed by atoms with Gasteiger partial charge >= 0.3 is 0 Å². The van der Waals surface area contributed by atoms with Crippen molar-refractivity contribution >= 4 is 0 Å². The maximum absolute atomic E-state index is 6.00. The minimum atomic E-state index is 0.282. The van der Waals surface area contributed by atoms with E-state index in [0.29, 0.717) is 6.54 Å². The molecule has 1 aliphatic rings. The summed E-state index contributed by atoms with van der Waals surface area (Å²) >= 11 is 0. The van der Waals surface area contributed by atoms with E-state index in [1.807, 2.05) is 0 Å². The van der Waals surface area contributed by atoms with Crippen LogP contribution in [0.4, 0.5) is 0 Å². The van der Waals surface area contributed by atoms with Crippen molar-refractivity contribution in [2.45, 2.75) is 44.8 Å². The van der Waals surface area contributed by atoms with Crippen molar-refractivity contribution < 1.29 is 4.74 Å². The fourth-order valence-corrected chi connectivity index (χ4v) is 2.60. The van der Waals surface area contributed by atoms with Gasteiger partial charge in [0, 0.05) is 19.1 Å². The third-order valence-corrected chi connectivity index (χ3v) is 3.99. The molecule has 1 aromatic carbocycles. The summed E-state index contributed by atoms with van der Waals surface area (Å²) < 4.78 is 5.63. The molecule has 1 saturated carbocycles. The molecule has 0 saturated heterocycles. The molecule has 0 spiro atoms. The molecule has 1 aromatic rings. The van der Waals surface area contributed by atoms with Gasteiger partial charge in [-0.05, 0) is 50.8 Å². The van der Waals surface area contributed by atoms with Crippen LogP contribution < -0.4 is 5.73 Å². The van der Waals surface area contributed by atoms with Gasteiger partial charge in [0.1, 0.15) is 0 Å². The molecule has 0 amide bonds. The molecule has 0 radical (unpaired) electrons. The van der Waals surface area contributed by atoms with E-state index >= 15 is 0 Å². The number of benzene rings is 1. The van der Waals surface area contributed by atoms with Crippen LogP contribution in [0.5, 0.6) is 0 Å². The highest BCUT2D eigenvalue weighted by atomic mass is 16.5. The standard InChI is InChI=1S/C17H28N2O/c1-13(2)20-10-9-19(3)17(12-18)16-6-4-5-15(11-16)14-7-8-14/h4-6,11,13-14,17H,7-10,12,18H2,1-3H3. The van der Waals surface area contributed by atoms with Crippen LogP contribution in [0.15, 0.2) is 24.3 Å². The lowest BCUT2D eigenvalue weighted by Crippen LogP contribution is -2.33. The molecule has 1 atom stereocenters. The summed E-state index contributed by atoms with van der Waals surface area (Å²) in [5, 5.41) is 0. The Kier molecular flexibility index (Phi) is 5.58. The number of likely N-dealkylation sites (N-methyl/N-ethyl adjacent to an activating group) is 1. The van der Waals surface area contributed by atoms with Crippen molar-refractivity contribution in [2.24, 2.45) is 5.73 Å². The highest BCUT2D eigenvalue weighted by Crippen LogP contribution is 2.40. The molecule has 0 aromatic heterocycles. The Hall–Kier alpha value is -0.900. The van der Waals surface area contributed by atoms with Crippen molar-refractivity contribution in [1.29, 1.82) is 0 Å². The van der Waals surface area contributed by atoms with Crippen molar-refractivity contribution in [3.05, 3.63) is 35.4 Å². The predicted molar refractivity (Wildman–Crippen MR) is 83.9 cm³/mol. The van der Waals surface area contributed by atoms with E-state index in [9.17, 15) is 0 Å². The molecule has 0 bridgehead atoms. The number of rotatable bonds is 8. The van der Waals surface area contributed by atoms with E-state index in [0.717, 1.165) is 19.1 Å². The van der Waals surface area contributed by atoms with Gasteiger partial charge in [-0.25, -0.2) is 0 Å². The van der Waals surface area contributed by atoms with Gasteiger partial charge in [0.2, 0.25) is 0 Å². The fraction of sp³-hybridized carbons (Fsp3) is 0.647. The van der Waals surface area contributed by atoms with E-state index in [1.54, 1.807) is 0 Å². The quantitative estimate of drug-likeness (QED) is 0.793. The molecule has 20 heavy (non-hydrogen) atoms. The average molecular weight is 276 g/mol. The van der Waals surface area contributed by atoms with E-state index in [2.05, 4.69) is 50.1 Å². The van der Waals surface area contributed by atoms with E-state index in [1.165, 1.54) is 24.0 Å². The third kappa shape index (κ3) is 4.30. The smallest absolute Gasteiger partial charge is 0.0597 e. The number of ether oxygens (including phenoxy) is 1. The van der Waals surface area contributed by atoms with Crippen molar-refractivity contribution in [3.8, 4) is 0 Å². The molecule has 112 valence electrons. The monoisotopic (exact) mass is 276 g/mol. The number of hydrogen-bond donors (Lipinski definition) is 1. The predicted octanol–water partition coefficient (Wildman–Crippen LogP) is 2.92. The summed E-state index contributed by atoms with van der Waals surface area (Å²) in [6.45, 7) is 6.45. The molecular weight excluding hydrogens is 248 g/mol. The maximum atomic E-state index is 6.00. The van der Waals surface area contributed by atoms with E-state index < -0.39 is 0 Å². The second kappa shape index (κ2) is 7.21. The topological polar surface area (TPSA) is 38.5 Å². The molecule has 0 aliphatic heterocycles. The Morgan fingerprint density at radius 1 is 1.35 bits per heavy atom. The molecule has 1 fully saturated rings. The Bertz CT molecular complexity index is 415. The second-order valence-electron chi connectivity index (χ2n) is 6.10. The highest BCUT2D eigenvalue weighted by Gasteiger charge is 2.24. The molecule has 3 heteroatoms. The largest absolute Gasteiger partial charge is 0.377 e. The fourth-order valence-electron chi connectivity index (χ4n) is 2.60. The van der Waals surface area contributed by atoms with Gasteiger partial charge in [-0.3, -0.25) is 4.90 Å². The lowest BCUT2D eigenvalue weighted by atomic mass is 10.0. The average Bonchev–Trinajstić information content (AvgIpc) is 3.24. The van der Waals surface area contributed by atoms with Crippen LogP contribution >= 0.6 is 0 Å². The number of hydrogen-bond acceptors (Lipinski definition) is 3. The van der Waals surface area contributed by atoms with Gasteiger partial charge in [-0.1, -0.05) is 24.3 Å². The Morgan fingerprint density at radius 2 is 2.10 bits per heavy atom. The zero-order chi connectivity index (χ0) is 14.5. The molecular formula is C17H28N2O. The molecule has 2 rings (SSSR count). The zero-order valence-corrected chi connectivity index (χ0v) is 13.0. The minimum absolute atomic E-state index is 0.282. The lowest BCUT2D eigenvalue weighted by molar-refractivity contribution is 0.0564. The first-order valence-electron chi connectivity index (χ1n) is 7.73. The molecule has 0 heterocycles. The van der Waals surface area contributed by atoms with Gasteiger partial charge in [-0.15, -0.1) is 0 Å². The van der Waals surface area contributed by atoms with Crippen LogP contribution in [-0.4, -0.2) is 37.7 Å². The van der Waals surface area contributed by atoms with Gasteiger partial charge in [-0.2, -0.15) is 0 Å². The summed E-state index contributed by atoms with van der Waals surface area (Å²) in [6.07, 6.45) is 2.97. The van der Waals surface area contributed by atoms with E-state index in [-0.39, 0.29) is 12.1 Å². The number of nitrogens with zero attached hydrogens (tertiary/aromatic N) is 1. The van der Waals surface area contributed by atoms with Crippen molar-refractivity contribution in [3.63, 3.8) is 0 Å². The molecule has 2 N–H and O–H groups in total. The molecule has 1 aliphatic carbocycles. The highest BCUT2D eigenvalue weighted by molar-refractivity contribution is 5.31.